The minimum atomic E-state index is 0.0588. The number of amides is 1. The second kappa shape index (κ2) is 7.80. The lowest BCUT2D eigenvalue weighted by atomic mass is 10.1. The fourth-order valence-corrected chi connectivity index (χ4v) is 3.68. The molecule has 1 amide bonds. The number of aliphatic hydroxyl groups excluding tert-OH is 1. The quantitative estimate of drug-likeness (QED) is 0.772. The first-order valence-corrected chi connectivity index (χ1v) is 9.41. The number of nitrogens with zero attached hydrogens (tertiary/aromatic N) is 4. The maximum Gasteiger partial charge on any atom is 0.253 e. The molecule has 0 unspecified atom stereocenters. The van der Waals surface area contributed by atoms with Crippen molar-refractivity contribution in [2.45, 2.75) is 13.0 Å². The smallest absolute Gasteiger partial charge is 0.253 e. The highest BCUT2D eigenvalue weighted by Gasteiger charge is 2.21. The summed E-state index contributed by atoms with van der Waals surface area (Å²) < 4.78 is 1.90. The van der Waals surface area contributed by atoms with Gasteiger partial charge in [0.15, 0.2) is 0 Å². The van der Waals surface area contributed by atoms with Crippen molar-refractivity contribution in [2.24, 2.45) is 0 Å². The maximum absolute atomic E-state index is 13.0. The molecule has 2 aromatic carbocycles. The molecule has 0 spiro atoms. The number of imidazole rings is 1. The van der Waals surface area contributed by atoms with E-state index in [2.05, 4.69) is 22.0 Å². The van der Waals surface area contributed by atoms with Gasteiger partial charge in [-0.15, -0.1) is 0 Å². The van der Waals surface area contributed by atoms with Gasteiger partial charge in [0.1, 0.15) is 0 Å². The van der Waals surface area contributed by atoms with Gasteiger partial charge in [0.2, 0.25) is 0 Å². The highest BCUT2D eigenvalue weighted by molar-refractivity contribution is 5.97. The monoisotopic (exact) mass is 364 g/mol. The fourth-order valence-electron chi connectivity index (χ4n) is 3.68. The number of benzene rings is 2. The highest BCUT2D eigenvalue weighted by Crippen LogP contribution is 2.19. The normalized spacial score (nSPS) is 15.1. The molecule has 0 aliphatic carbocycles. The molecule has 1 aliphatic rings. The van der Waals surface area contributed by atoms with E-state index in [1.54, 1.807) is 6.33 Å². The summed E-state index contributed by atoms with van der Waals surface area (Å²) in [6.07, 6.45) is 2.66. The zero-order chi connectivity index (χ0) is 18.6. The van der Waals surface area contributed by atoms with Gasteiger partial charge in [0, 0.05) is 44.0 Å². The van der Waals surface area contributed by atoms with Crippen molar-refractivity contribution in [3.05, 3.63) is 60.4 Å². The summed E-state index contributed by atoms with van der Waals surface area (Å²) in [5, 5.41) is 9.13. The number of rotatable bonds is 4. The number of carbonyl (C=O) groups is 1. The summed E-state index contributed by atoms with van der Waals surface area (Å²) in [6.45, 7) is 3.84. The molecule has 6 heteroatoms. The van der Waals surface area contributed by atoms with E-state index in [1.807, 2.05) is 45.9 Å². The molecule has 1 saturated heterocycles. The molecule has 1 N–H and O–H groups in total. The molecule has 1 fully saturated rings. The number of hydrogen-bond acceptors (Lipinski definition) is 4. The molecule has 0 saturated carbocycles. The number of para-hydroxylation sites is 1. The van der Waals surface area contributed by atoms with Gasteiger partial charge in [-0.25, -0.2) is 4.98 Å². The molecule has 27 heavy (non-hydrogen) atoms. The third-order valence-electron chi connectivity index (χ3n) is 5.11. The number of aliphatic hydroxyl groups is 1. The van der Waals surface area contributed by atoms with E-state index in [9.17, 15) is 4.79 Å². The topological polar surface area (TPSA) is 61.6 Å². The number of aromatic nitrogens is 2. The van der Waals surface area contributed by atoms with Crippen LogP contribution in [0.4, 0.5) is 5.69 Å². The zero-order valence-electron chi connectivity index (χ0n) is 15.3. The molecule has 0 radical (unpaired) electrons. The second-order valence-electron chi connectivity index (χ2n) is 6.83. The van der Waals surface area contributed by atoms with Crippen LogP contribution in [0.15, 0.2) is 54.9 Å². The lowest BCUT2D eigenvalue weighted by molar-refractivity contribution is 0.0767. The van der Waals surface area contributed by atoms with Gasteiger partial charge >= 0.3 is 0 Å². The highest BCUT2D eigenvalue weighted by atomic mass is 16.3. The van der Waals surface area contributed by atoms with Crippen LogP contribution in [0.5, 0.6) is 0 Å². The van der Waals surface area contributed by atoms with Crippen molar-refractivity contribution in [3.8, 4) is 0 Å². The van der Waals surface area contributed by atoms with E-state index in [0.29, 0.717) is 18.7 Å². The van der Waals surface area contributed by atoms with Gasteiger partial charge in [-0.2, -0.15) is 0 Å². The minimum absolute atomic E-state index is 0.0588. The van der Waals surface area contributed by atoms with Crippen LogP contribution in [0.3, 0.4) is 0 Å². The average molecular weight is 364 g/mol. The Hall–Kier alpha value is -2.86. The third kappa shape index (κ3) is 3.66. The zero-order valence-corrected chi connectivity index (χ0v) is 15.3. The summed E-state index contributed by atoms with van der Waals surface area (Å²) in [7, 11) is 0. The molecule has 6 nitrogen and oxygen atoms in total. The number of carbonyl (C=O) groups excluding carboxylic acids is 1. The number of anilines is 1. The first-order chi connectivity index (χ1) is 13.3. The van der Waals surface area contributed by atoms with Gasteiger partial charge in [0.05, 0.1) is 24.0 Å². The molecular formula is C21H24N4O2. The lowest BCUT2D eigenvalue weighted by Gasteiger charge is -2.23. The van der Waals surface area contributed by atoms with Crippen LogP contribution in [0.1, 0.15) is 16.8 Å². The third-order valence-corrected chi connectivity index (χ3v) is 5.11. The first-order valence-electron chi connectivity index (χ1n) is 9.41. The Morgan fingerprint density at radius 3 is 2.70 bits per heavy atom. The minimum Gasteiger partial charge on any atom is -0.395 e. The molecule has 0 atom stereocenters. The van der Waals surface area contributed by atoms with Crippen molar-refractivity contribution in [2.75, 3.05) is 37.7 Å². The van der Waals surface area contributed by atoms with E-state index in [4.69, 9.17) is 5.11 Å². The predicted molar refractivity (Wildman–Crippen MR) is 106 cm³/mol. The molecule has 140 valence electrons. The van der Waals surface area contributed by atoms with Crippen LogP contribution in [0, 0.1) is 0 Å². The molecule has 4 rings (SSSR count). The lowest BCUT2D eigenvalue weighted by Crippen LogP contribution is -2.35. The summed E-state index contributed by atoms with van der Waals surface area (Å²) in [4.78, 5) is 21.7. The van der Waals surface area contributed by atoms with E-state index < -0.39 is 0 Å². The Morgan fingerprint density at radius 2 is 1.89 bits per heavy atom. The number of fused-ring (bicyclic) bond motifs is 1. The molecule has 0 bridgehead atoms. The van der Waals surface area contributed by atoms with Crippen molar-refractivity contribution in [1.29, 1.82) is 0 Å². The molecular weight excluding hydrogens is 340 g/mol. The molecule has 2 heterocycles. The van der Waals surface area contributed by atoms with Crippen molar-refractivity contribution in [3.63, 3.8) is 0 Å². The predicted octanol–water partition coefficient (Wildman–Crippen LogP) is 2.38. The van der Waals surface area contributed by atoms with E-state index in [0.717, 1.165) is 37.1 Å². The van der Waals surface area contributed by atoms with Crippen LogP contribution >= 0.6 is 0 Å². The summed E-state index contributed by atoms with van der Waals surface area (Å²) in [6, 6.07) is 16.0. The van der Waals surface area contributed by atoms with Crippen LogP contribution < -0.4 is 4.90 Å². The van der Waals surface area contributed by atoms with Crippen molar-refractivity contribution in [1.82, 2.24) is 14.5 Å². The van der Waals surface area contributed by atoms with Gasteiger partial charge in [-0.1, -0.05) is 18.2 Å². The van der Waals surface area contributed by atoms with E-state index >= 15 is 0 Å². The van der Waals surface area contributed by atoms with Gasteiger partial charge in [-0.05, 0) is 36.8 Å². The second-order valence-corrected chi connectivity index (χ2v) is 6.83. The van der Waals surface area contributed by atoms with Gasteiger partial charge in [-0.3, -0.25) is 4.79 Å². The van der Waals surface area contributed by atoms with E-state index in [1.165, 1.54) is 5.69 Å². The van der Waals surface area contributed by atoms with Crippen molar-refractivity contribution >= 4 is 22.6 Å². The van der Waals surface area contributed by atoms with E-state index in [-0.39, 0.29) is 12.5 Å². The fraction of sp³-hybridized carbons (Fsp3) is 0.333. The first kappa shape index (κ1) is 17.5. The summed E-state index contributed by atoms with van der Waals surface area (Å²) in [5.41, 5.74) is 3.61. The molecule has 1 aliphatic heterocycles. The largest absolute Gasteiger partial charge is 0.395 e. The standard InChI is InChI=1S/C21H24N4O2/c26-14-13-25-16-22-19-15-17(7-8-20(19)25)21(27)24-10-4-9-23(11-12-24)18-5-2-1-3-6-18/h1-3,5-8,15-16,26H,4,9-14H2. The van der Waals surface area contributed by atoms with Gasteiger partial charge in [0.25, 0.3) is 5.91 Å². The summed E-state index contributed by atoms with van der Waals surface area (Å²) >= 11 is 0. The van der Waals surface area contributed by atoms with Crippen LogP contribution in [0.2, 0.25) is 0 Å². The Kier molecular flexibility index (Phi) is 5.07. The van der Waals surface area contributed by atoms with Crippen LogP contribution in [0.25, 0.3) is 11.0 Å². The molecule has 3 aromatic rings. The SMILES string of the molecule is O=C(c1ccc2c(c1)ncn2CCO)N1CCCN(c2ccccc2)CC1. The Labute approximate surface area is 158 Å². The van der Waals surface area contributed by atoms with Crippen LogP contribution in [-0.2, 0) is 6.54 Å². The average Bonchev–Trinajstić information content (AvgIpc) is 2.95. The Balaban J connectivity index is 1.48. The Bertz CT molecular complexity index is 922. The maximum atomic E-state index is 13.0. The van der Waals surface area contributed by atoms with Gasteiger partial charge < -0.3 is 19.5 Å². The number of hydrogen-bond donors (Lipinski definition) is 1. The van der Waals surface area contributed by atoms with Crippen LogP contribution in [-0.4, -0.2) is 58.3 Å². The summed E-state index contributed by atoms with van der Waals surface area (Å²) in [5.74, 6) is 0.0588. The Morgan fingerprint density at radius 1 is 1.04 bits per heavy atom. The molecule has 1 aromatic heterocycles. The van der Waals surface area contributed by atoms with Crippen molar-refractivity contribution < 1.29 is 9.90 Å².